The van der Waals surface area contributed by atoms with Crippen molar-refractivity contribution in [2.24, 2.45) is 5.92 Å². The van der Waals surface area contributed by atoms with E-state index in [-0.39, 0.29) is 18.2 Å². The van der Waals surface area contributed by atoms with Crippen LogP contribution in [0.3, 0.4) is 0 Å². The van der Waals surface area contributed by atoms with E-state index in [1.165, 1.54) is 0 Å². The monoisotopic (exact) mass is 396 g/mol. The van der Waals surface area contributed by atoms with Crippen LogP contribution in [-0.2, 0) is 19.8 Å². The Morgan fingerprint density at radius 3 is 2.28 bits per heavy atom. The molecular formula is C22H24N2O5. The minimum Gasteiger partial charge on any atom is -0.497 e. The van der Waals surface area contributed by atoms with Crippen molar-refractivity contribution in [3.63, 3.8) is 0 Å². The van der Waals surface area contributed by atoms with Crippen molar-refractivity contribution in [2.45, 2.75) is 25.7 Å². The Bertz CT molecular complexity index is 919. The van der Waals surface area contributed by atoms with Crippen LogP contribution >= 0.6 is 0 Å². The summed E-state index contributed by atoms with van der Waals surface area (Å²) in [6, 6.07) is 13.9. The third-order valence-corrected chi connectivity index (χ3v) is 5.29. The first-order valence-corrected chi connectivity index (χ1v) is 9.31. The van der Waals surface area contributed by atoms with E-state index in [9.17, 15) is 19.5 Å². The van der Waals surface area contributed by atoms with Gasteiger partial charge in [0.2, 0.25) is 11.8 Å². The van der Waals surface area contributed by atoms with Crippen LogP contribution in [0.25, 0.3) is 0 Å². The molecule has 0 aromatic heterocycles. The van der Waals surface area contributed by atoms with E-state index in [0.717, 1.165) is 5.69 Å². The van der Waals surface area contributed by atoms with Gasteiger partial charge in [-0.3, -0.25) is 14.4 Å². The number of hydrogen-bond acceptors (Lipinski definition) is 4. The van der Waals surface area contributed by atoms with Crippen LogP contribution < -0.4 is 15.0 Å². The number of carbonyl (C=O) groups excluding carboxylic acids is 2. The quantitative estimate of drug-likeness (QED) is 0.782. The van der Waals surface area contributed by atoms with E-state index >= 15 is 0 Å². The molecule has 1 heterocycles. The van der Waals surface area contributed by atoms with Crippen molar-refractivity contribution >= 4 is 29.2 Å². The third-order valence-electron chi connectivity index (χ3n) is 5.29. The highest BCUT2D eigenvalue weighted by Gasteiger charge is 2.35. The zero-order valence-corrected chi connectivity index (χ0v) is 16.6. The molecule has 29 heavy (non-hydrogen) atoms. The number of anilines is 2. The molecule has 1 aliphatic rings. The van der Waals surface area contributed by atoms with Crippen LogP contribution in [0.15, 0.2) is 48.5 Å². The number of carbonyl (C=O) groups is 3. The van der Waals surface area contributed by atoms with Crippen molar-refractivity contribution < 1.29 is 24.2 Å². The average molecular weight is 396 g/mol. The molecule has 152 valence electrons. The van der Waals surface area contributed by atoms with Gasteiger partial charge in [-0.1, -0.05) is 12.1 Å². The summed E-state index contributed by atoms with van der Waals surface area (Å²) in [5.74, 6) is -1.02. The summed E-state index contributed by atoms with van der Waals surface area (Å²) in [5, 5.41) is 12.1. The third kappa shape index (κ3) is 4.23. The van der Waals surface area contributed by atoms with E-state index in [0.29, 0.717) is 23.5 Å². The first-order valence-electron chi connectivity index (χ1n) is 9.31. The Labute approximate surface area is 169 Å². The van der Waals surface area contributed by atoms with E-state index in [4.69, 9.17) is 4.74 Å². The number of methoxy groups -OCH3 is 1. The van der Waals surface area contributed by atoms with Gasteiger partial charge in [-0.05, 0) is 55.8 Å². The van der Waals surface area contributed by atoms with E-state index in [1.807, 2.05) is 0 Å². The van der Waals surface area contributed by atoms with Gasteiger partial charge in [-0.25, -0.2) is 0 Å². The molecule has 0 saturated carbocycles. The molecule has 1 fully saturated rings. The highest BCUT2D eigenvalue weighted by atomic mass is 16.5. The standard InChI is InChI=1S/C22H24N2O5/c1-22(2,21(27)28)15-4-6-16(7-5-15)23-20(26)14-12-19(25)24(13-14)17-8-10-18(29-3)11-9-17/h4-11,14H,12-13H2,1-3H3,(H,23,26)(H,27,28). The van der Waals surface area contributed by atoms with E-state index < -0.39 is 17.3 Å². The van der Waals surface area contributed by atoms with Crippen LogP contribution in [0.4, 0.5) is 11.4 Å². The summed E-state index contributed by atoms with van der Waals surface area (Å²) in [4.78, 5) is 38.0. The lowest BCUT2D eigenvalue weighted by atomic mass is 9.85. The Kier molecular flexibility index (Phi) is 5.59. The lowest BCUT2D eigenvalue weighted by Gasteiger charge is -2.20. The normalized spacial score (nSPS) is 16.6. The number of nitrogens with one attached hydrogen (secondary N) is 1. The zero-order chi connectivity index (χ0) is 21.2. The SMILES string of the molecule is COc1ccc(N2CC(C(=O)Nc3ccc(C(C)(C)C(=O)O)cc3)CC2=O)cc1. The molecule has 0 spiro atoms. The van der Waals surface area contributed by atoms with Gasteiger partial charge >= 0.3 is 5.97 Å². The number of rotatable bonds is 6. The van der Waals surface area contributed by atoms with Crippen molar-refractivity contribution in [3.05, 3.63) is 54.1 Å². The Morgan fingerprint density at radius 2 is 1.72 bits per heavy atom. The van der Waals surface area contributed by atoms with Crippen LogP contribution in [0.1, 0.15) is 25.8 Å². The number of hydrogen-bond donors (Lipinski definition) is 2. The summed E-state index contributed by atoms with van der Waals surface area (Å²) in [6.45, 7) is 3.56. The average Bonchev–Trinajstić information content (AvgIpc) is 3.10. The molecule has 1 unspecified atom stereocenters. The minimum absolute atomic E-state index is 0.103. The molecule has 3 rings (SSSR count). The Hall–Kier alpha value is -3.35. The van der Waals surface area contributed by atoms with Gasteiger partial charge in [0.1, 0.15) is 5.75 Å². The van der Waals surface area contributed by atoms with E-state index in [2.05, 4.69) is 5.32 Å². The highest BCUT2D eigenvalue weighted by molar-refractivity contribution is 6.03. The summed E-state index contributed by atoms with van der Waals surface area (Å²) < 4.78 is 5.13. The number of benzene rings is 2. The topological polar surface area (TPSA) is 95.9 Å². The van der Waals surface area contributed by atoms with Gasteiger partial charge in [0.25, 0.3) is 0 Å². The van der Waals surface area contributed by atoms with Gasteiger partial charge in [0, 0.05) is 24.3 Å². The maximum absolute atomic E-state index is 12.6. The molecule has 1 aliphatic heterocycles. The highest BCUT2D eigenvalue weighted by Crippen LogP contribution is 2.28. The minimum atomic E-state index is -1.01. The van der Waals surface area contributed by atoms with Crippen molar-refractivity contribution in [1.82, 2.24) is 0 Å². The molecule has 7 nitrogen and oxygen atoms in total. The van der Waals surface area contributed by atoms with Crippen molar-refractivity contribution in [1.29, 1.82) is 0 Å². The first-order chi connectivity index (χ1) is 13.7. The molecule has 1 atom stereocenters. The van der Waals surface area contributed by atoms with Crippen LogP contribution in [-0.4, -0.2) is 36.5 Å². The molecule has 7 heteroatoms. The molecular weight excluding hydrogens is 372 g/mol. The maximum atomic E-state index is 12.6. The fourth-order valence-electron chi connectivity index (χ4n) is 3.23. The van der Waals surface area contributed by atoms with Gasteiger partial charge in [0.15, 0.2) is 0 Å². The van der Waals surface area contributed by atoms with E-state index in [1.54, 1.807) is 74.4 Å². The summed E-state index contributed by atoms with van der Waals surface area (Å²) in [7, 11) is 1.57. The smallest absolute Gasteiger partial charge is 0.313 e. The molecule has 0 aliphatic carbocycles. The van der Waals surface area contributed by atoms with Gasteiger partial charge in [-0.15, -0.1) is 0 Å². The Morgan fingerprint density at radius 1 is 1.10 bits per heavy atom. The summed E-state index contributed by atoms with van der Waals surface area (Å²) >= 11 is 0. The van der Waals surface area contributed by atoms with Gasteiger partial charge in [-0.2, -0.15) is 0 Å². The molecule has 0 radical (unpaired) electrons. The second-order valence-corrected chi connectivity index (χ2v) is 7.60. The lowest BCUT2D eigenvalue weighted by Crippen LogP contribution is -2.29. The van der Waals surface area contributed by atoms with Gasteiger partial charge in [0.05, 0.1) is 18.4 Å². The number of nitrogens with zero attached hydrogens (tertiary/aromatic N) is 1. The molecule has 1 saturated heterocycles. The number of carboxylic acid groups (broad SMARTS) is 1. The molecule has 0 bridgehead atoms. The Balaban J connectivity index is 1.65. The molecule has 2 amide bonds. The lowest BCUT2D eigenvalue weighted by molar-refractivity contribution is -0.142. The predicted octanol–water partition coefficient (Wildman–Crippen LogP) is 3.05. The molecule has 2 aromatic carbocycles. The number of carboxylic acids is 1. The number of aliphatic carboxylic acids is 1. The maximum Gasteiger partial charge on any atom is 0.313 e. The molecule has 2 N–H and O–H groups in total. The fourth-order valence-corrected chi connectivity index (χ4v) is 3.23. The summed E-state index contributed by atoms with van der Waals surface area (Å²) in [5.41, 5.74) is 0.922. The summed E-state index contributed by atoms with van der Waals surface area (Å²) in [6.07, 6.45) is 0.141. The number of amides is 2. The number of ether oxygens (including phenoxy) is 1. The largest absolute Gasteiger partial charge is 0.497 e. The predicted molar refractivity (Wildman–Crippen MR) is 109 cm³/mol. The second-order valence-electron chi connectivity index (χ2n) is 7.60. The fraction of sp³-hybridized carbons (Fsp3) is 0.318. The van der Waals surface area contributed by atoms with Crippen molar-refractivity contribution in [3.8, 4) is 5.75 Å². The second kappa shape index (κ2) is 7.95. The van der Waals surface area contributed by atoms with Crippen LogP contribution in [0.2, 0.25) is 0 Å². The first kappa shape index (κ1) is 20.4. The van der Waals surface area contributed by atoms with Crippen molar-refractivity contribution in [2.75, 3.05) is 23.9 Å². The zero-order valence-electron chi connectivity index (χ0n) is 16.6. The molecule has 2 aromatic rings. The van der Waals surface area contributed by atoms with Gasteiger partial charge < -0.3 is 20.1 Å². The van der Waals surface area contributed by atoms with Crippen LogP contribution in [0.5, 0.6) is 5.75 Å². The van der Waals surface area contributed by atoms with Crippen LogP contribution in [0, 0.1) is 5.92 Å².